The maximum Gasteiger partial charge on any atom is 1.00 e. The quantitative estimate of drug-likeness (QED) is 0.177. The van der Waals surface area contributed by atoms with Crippen LogP contribution in [0.3, 0.4) is 0 Å². The average Bonchev–Trinajstić information content (AvgIpc) is 3.36. The number of alkyl halides is 1. The van der Waals surface area contributed by atoms with E-state index in [0.717, 1.165) is 11.8 Å². The van der Waals surface area contributed by atoms with Crippen molar-refractivity contribution in [3.05, 3.63) is 76.1 Å². The van der Waals surface area contributed by atoms with Gasteiger partial charge in [0.2, 0.25) is 0 Å². The first kappa shape index (κ1) is 34.7. The molecule has 2 aliphatic heterocycles. The number of carbonyl (C=O) groups is 4. The molecule has 2 aromatic carbocycles. The number of carbonyl (C=O) groups excluding carboxylic acids is 4. The number of hydrogen-bond donors (Lipinski definition) is 0. The van der Waals surface area contributed by atoms with Crippen molar-refractivity contribution in [2.45, 2.75) is 25.4 Å². The largest absolute Gasteiger partial charge is 1.00 e. The first-order valence-corrected chi connectivity index (χ1v) is 12.5. The second-order valence-corrected chi connectivity index (χ2v) is 8.44. The first-order chi connectivity index (χ1) is 17.8. The third-order valence-corrected chi connectivity index (χ3v) is 5.91. The summed E-state index contributed by atoms with van der Waals surface area (Å²) in [6, 6.07) is 13.5. The number of methoxy groups -OCH3 is 4. The summed E-state index contributed by atoms with van der Waals surface area (Å²) in [5, 5.41) is 4.20. The Hall–Kier alpha value is -1.32. The minimum absolute atomic E-state index is 0. The van der Waals surface area contributed by atoms with Crippen LogP contribution in [0.5, 0.6) is 0 Å². The van der Waals surface area contributed by atoms with Gasteiger partial charge in [0.15, 0.2) is 12.6 Å². The molecule has 2 aromatic rings. The molecule has 0 fully saturated rings. The number of nitrogens with zero attached hydrogens (tertiary/aromatic N) is 2. The van der Waals surface area contributed by atoms with Crippen LogP contribution in [0.25, 0.3) is 5.32 Å². The molecular weight excluding hydrogens is 587 g/mol. The van der Waals surface area contributed by atoms with Gasteiger partial charge in [0, 0.05) is 64.3 Å². The predicted molar refractivity (Wildman–Crippen MR) is 139 cm³/mol. The fourth-order valence-corrected chi connectivity index (χ4v) is 3.87. The molecule has 0 spiro atoms. The van der Waals surface area contributed by atoms with Crippen LogP contribution < -0.4 is 51.4 Å². The molecule has 4 rings (SSSR count). The molecule has 0 saturated carbocycles. The fraction of sp³-hybridized carbons (Fsp3) is 0.385. The monoisotopic (exact) mass is 616 g/mol. The van der Waals surface area contributed by atoms with Crippen molar-refractivity contribution in [1.29, 1.82) is 0 Å². The zero-order valence-corrected chi connectivity index (χ0v) is 26.8. The smallest absolute Gasteiger partial charge is 0.587 e. The Balaban J connectivity index is 0.000000309. The van der Waals surface area contributed by atoms with Crippen molar-refractivity contribution >= 4 is 39.6 Å². The fourth-order valence-electron chi connectivity index (χ4n) is 3.50. The van der Waals surface area contributed by atoms with E-state index in [1.54, 1.807) is 62.8 Å². The molecule has 0 aromatic heterocycles. The normalized spacial score (nSPS) is 13.3. The predicted octanol–water partition coefficient (Wildman–Crippen LogP) is 1.04. The Bertz CT molecular complexity index is 1020. The van der Waals surface area contributed by atoms with Gasteiger partial charge >= 0.3 is 51.4 Å². The number of hydrogen-bond acceptors (Lipinski definition) is 8. The molecule has 10 nitrogen and oxygen atoms in total. The van der Waals surface area contributed by atoms with Gasteiger partial charge in [0.1, 0.15) is 0 Å². The van der Waals surface area contributed by atoms with Crippen LogP contribution in [-0.4, -0.2) is 81.4 Å². The summed E-state index contributed by atoms with van der Waals surface area (Å²) < 4.78 is 19.8. The van der Waals surface area contributed by atoms with E-state index in [2.05, 4.69) is 21.2 Å². The summed E-state index contributed by atoms with van der Waals surface area (Å²) in [6.45, 7) is 0.290. The average molecular weight is 618 g/mol. The van der Waals surface area contributed by atoms with Crippen molar-refractivity contribution in [3.63, 3.8) is 0 Å². The number of benzene rings is 2. The Labute approximate surface area is 273 Å². The minimum atomic E-state index is -0.425. The molecule has 2 aliphatic rings. The van der Waals surface area contributed by atoms with Crippen LogP contribution in [0.15, 0.2) is 48.5 Å². The van der Waals surface area contributed by atoms with Gasteiger partial charge in [0.05, 0.1) is 22.9 Å². The molecule has 0 atom stereocenters. The Morgan fingerprint density at radius 3 is 1.39 bits per heavy atom. The van der Waals surface area contributed by atoms with Gasteiger partial charge in [-0.2, -0.15) is 0 Å². The van der Waals surface area contributed by atoms with Gasteiger partial charge in [-0.3, -0.25) is 14.5 Å². The number of fused-ring (bicyclic) bond motifs is 2. The van der Waals surface area contributed by atoms with Gasteiger partial charge in [-0.05, 0) is 12.1 Å². The molecule has 0 N–H and O–H groups in total. The van der Waals surface area contributed by atoms with E-state index in [9.17, 15) is 19.2 Å². The molecule has 200 valence electrons. The minimum Gasteiger partial charge on any atom is -0.587 e. The molecule has 12 heteroatoms. The third-order valence-electron chi connectivity index (χ3n) is 5.45. The van der Waals surface area contributed by atoms with Crippen LogP contribution in [-0.2, 0) is 18.9 Å². The molecule has 0 aliphatic carbocycles. The summed E-state index contributed by atoms with van der Waals surface area (Å²) in [6.07, 6.45) is 0.898. The standard InChI is InChI=1S/C13H15NO4.C8H5NO2.C5H11BrO2.K/c1-17-11(18-2)7-8-14-12(15)9-5-3-4-6-10(9)13(14)16;10-7-5-3-1-2-4-6(5)8(11)9-7;1-7-5(8-2)3-4-6;/h3-6,11H,7-8H2,1-2H3;1-4H,(H,9,10,11);5H,3-4H2,1-2H3;/q;;;+1/p-1. The van der Waals surface area contributed by atoms with Crippen LogP contribution in [0.4, 0.5) is 0 Å². The molecule has 0 unspecified atom stereocenters. The Kier molecular flexibility index (Phi) is 16.5. The molecule has 0 saturated heterocycles. The van der Waals surface area contributed by atoms with Crippen LogP contribution in [0, 0.1) is 0 Å². The van der Waals surface area contributed by atoms with Crippen molar-refractivity contribution in [3.8, 4) is 0 Å². The number of halogens is 1. The van der Waals surface area contributed by atoms with Gasteiger partial charge < -0.3 is 33.9 Å². The van der Waals surface area contributed by atoms with E-state index in [0.29, 0.717) is 35.2 Å². The third kappa shape index (κ3) is 9.40. The first-order valence-electron chi connectivity index (χ1n) is 11.3. The second-order valence-electron chi connectivity index (χ2n) is 7.64. The van der Waals surface area contributed by atoms with E-state index in [-0.39, 0.29) is 69.5 Å². The number of imide groups is 2. The van der Waals surface area contributed by atoms with E-state index < -0.39 is 18.1 Å². The Morgan fingerprint density at radius 1 is 0.684 bits per heavy atom. The van der Waals surface area contributed by atoms with Crippen molar-refractivity contribution in [2.24, 2.45) is 0 Å². The van der Waals surface area contributed by atoms with E-state index in [1.807, 2.05) is 0 Å². The number of amides is 4. The summed E-state index contributed by atoms with van der Waals surface area (Å²) in [5.41, 5.74) is 1.76. The Morgan fingerprint density at radius 2 is 1.05 bits per heavy atom. The summed E-state index contributed by atoms with van der Waals surface area (Å²) in [4.78, 5) is 47.0. The maximum atomic E-state index is 12.0. The van der Waals surface area contributed by atoms with E-state index in [4.69, 9.17) is 18.9 Å². The zero-order chi connectivity index (χ0) is 27.4. The molecule has 2 heterocycles. The topological polar surface area (TPSA) is 123 Å². The molecular formula is C26H30BrKN2O8. The van der Waals surface area contributed by atoms with Crippen molar-refractivity contribution in [1.82, 2.24) is 4.90 Å². The van der Waals surface area contributed by atoms with E-state index in [1.165, 1.54) is 19.1 Å². The van der Waals surface area contributed by atoms with E-state index >= 15 is 0 Å². The maximum absolute atomic E-state index is 12.0. The summed E-state index contributed by atoms with van der Waals surface area (Å²) in [7, 11) is 6.32. The molecule has 38 heavy (non-hydrogen) atoms. The van der Waals surface area contributed by atoms with Gasteiger partial charge in [-0.1, -0.05) is 52.3 Å². The van der Waals surface area contributed by atoms with Crippen molar-refractivity contribution in [2.75, 3.05) is 40.3 Å². The van der Waals surface area contributed by atoms with Gasteiger partial charge in [-0.25, -0.2) is 0 Å². The summed E-state index contributed by atoms with van der Waals surface area (Å²) >= 11 is 3.27. The van der Waals surface area contributed by atoms with Crippen LogP contribution in [0.1, 0.15) is 54.3 Å². The zero-order valence-electron chi connectivity index (χ0n) is 22.1. The van der Waals surface area contributed by atoms with Gasteiger partial charge in [0.25, 0.3) is 11.8 Å². The van der Waals surface area contributed by atoms with Gasteiger partial charge in [-0.15, -0.1) is 0 Å². The SMILES string of the molecule is COC(CCBr)OC.COC(CCN1C(=O)c2ccccc2C1=O)OC.O=C1[N-]C(=O)c2ccccc21.[K+]. The summed E-state index contributed by atoms with van der Waals surface area (Å²) in [5.74, 6) is -1.35. The second kappa shape index (κ2) is 18.1. The molecule has 4 amide bonds. The van der Waals surface area contributed by atoms with Crippen LogP contribution >= 0.6 is 15.9 Å². The van der Waals surface area contributed by atoms with Crippen molar-refractivity contribution < 1.29 is 89.5 Å². The number of ether oxygens (including phenoxy) is 4. The molecule has 0 radical (unpaired) electrons. The molecule has 0 bridgehead atoms. The number of rotatable bonds is 9. The van der Waals surface area contributed by atoms with Crippen LogP contribution in [0.2, 0.25) is 0 Å².